The third kappa shape index (κ3) is 4.43. The van der Waals surface area contributed by atoms with Crippen molar-refractivity contribution in [2.45, 2.75) is 26.9 Å². The van der Waals surface area contributed by atoms with Crippen LogP contribution in [0.4, 0.5) is 0 Å². The zero-order chi connectivity index (χ0) is 19.2. The molecule has 0 amide bonds. The summed E-state index contributed by atoms with van der Waals surface area (Å²) in [5.74, 6) is 2.12. The van der Waals surface area contributed by atoms with Crippen LogP contribution in [0.1, 0.15) is 29.4 Å². The van der Waals surface area contributed by atoms with E-state index in [0.717, 1.165) is 23.4 Å². The van der Waals surface area contributed by atoms with Gasteiger partial charge in [-0.3, -0.25) is 5.10 Å². The van der Waals surface area contributed by atoms with E-state index in [0.29, 0.717) is 22.9 Å². The molecule has 1 aromatic heterocycles. The van der Waals surface area contributed by atoms with Gasteiger partial charge in [0.25, 0.3) is 0 Å². The average molecular weight is 382 g/mol. The molecule has 0 aliphatic heterocycles. The van der Waals surface area contributed by atoms with Gasteiger partial charge in [0.15, 0.2) is 17.3 Å². The van der Waals surface area contributed by atoms with Crippen LogP contribution in [-0.4, -0.2) is 28.2 Å². The lowest BCUT2D eigenvalue weighted by molar-refractivity contribution is 0.284. The van der Waals surface area contributed by atoms with Crippen LogP contribution in [0.5, 0.6) is 11.5 Å². The normalized spacial score (nSPS) is 11.1. The molecule has 0 spiro atoms. The number of ether oxygens (including phenoxy) is 2. The number of hydrogen-bond donors (Lipinski definition) is 1. The van der Waals surface area contributed by atoms with Crippen molar-refractivity contribution in [3.63, 3.8) is 0 Å². The summed E-state index contributed by atoms with van der Waals surface area (Å²) in [6, 6.07) is 13.8. The molecule has 0 aliphatic carbocycles. The van der Waals surface area contributed by atoms with Gasteiger partial charge in [0, 0.05) is 6.42 Å². The maximum Gasteiger partial charge on any atom is 0.216 e. The number of benzene rings is 2. The molecule has 0 unspecified atom stereocenters. The summed E-state index contributed by atoms with van der Waals surface area (Å²) >= 11 is 5.20. The third-order valence-electron chi connectivity index (χ3n) is 4.19. The van der Waals surface area contributed by atoms with Gasteiger partial charge in [-0.1, -0.05) is 31.2 Å². The summed E-state index contributed by atoms with van der Waals surface area (Å²) in [7, 11) is 1.62. The van der Waals surface area contributed by atoms with Gasteiger partial charge in [-0.05, 0) is 54.0 Å². The Morgan fingerprint density at radius 2 is 2.04 bits per heavy atom. The van der Waals surface area contributed by atoms with E-state index in [1.54, 1.807) is 18.0 Å². The van der Waals surface area contributed by atoms with Gasteiger partial charge in [0.1, 0.15) is 6.61 Å². The molecule has 0 aliphatic rings. The topological polar surface area (TPSA) is 64.4 Å². The van der Waals surface area contributed by atoms with Crippen LogP contribution in [0.25, 0.3) is 0 Å². The van der Waals surface area contributed by atoms with E-state index in [9.17, 15) is 0 Å². The molecule has 3 rings (SSSR count). The molecule has 0 bridgehead atoms. The zero-order valence-corrected chi connectivity index (χ0v) is 16.4. The van der Waals surface area contributed by atoms with Crippen molar-refractivity contribution >= 4 is 18.4 Å². The molecule has 0 atom stereocenters. The van der Waals surface area contributed by atoms with Crippen LogP contribution >= 0.6 is 12.2 Å². The fourth-order valence-electron chi connectivity index (χ4n) is 2.61. The molecule has 0 fully saturated rings. The molecule has 2 aromatic carbocycles. The van der Waals surface area contributed by atoms with Crippen LogP contribution in [0.3, 0.4) is 0 Å². The molecule has 140 valence electrons. The van der Waals surface area contributed by atoms with Gasteiger partial charge in [-0.25, -0.2) is 0 Å². The van der Waals surface area contributed by atoms with Crippen molar-refractivity contribution in [1.29, 1.82) is 0 Å². The lowest BCUT2D eigenvalue weighted by Crippen LogP contribution is -2.00. The second-order valence-electron chi connectivity index (χ2n) is 5.98. The van der Waals surface area contributed by atoms with E-state index in [1.807, 2.05) is 37.3 Å². The maximum absolute atomic E-state index is 5.95. The minimum atomic E-state index is 0.466. The van der Waals surface area contributed by atoms with E-state index in [1.165, 1.54) is 5.56 Å². The van der Waals surface area contributed by atoms with Gasteiger partial charge in [0.2, 0.25) is 4.77 Å². The van der Waals surface area contributed by atoms with Crippen LogP contribution in [0.15, 0.2) is 47.6 Å². The summed E-state index contributed by atoms with van der Waals surface area (Å²) in [5, 5.41) is 11.3. The smallest absolute Gasteiger partial charge is 0.216 e. The van der Waals surface area contributed by atoms with E-state index in [-0.39, 0.29) is 0 Å². The van der Waals surface area contributed by atoms with Crippen LogP contribution < -0.4 is 9.47 Å². The Kier molecular flexibility index (Phi) is 6.03. The predicted molar refractivity (Wildman–Crippen MR) is 108 cm³/mol. The number of aryl methyl sites for hydroxylation is 2. The van der Waals surface area contributed by atoms with Crippen LogP contribution in [-0.2, 0) is 13.0 Å². The first-order valence-corrected chi connectivity index (χ1v) is 9.09. The number of rotatable bonds is 7. The van der Waals surface area contributed by atoms with Gasteiger partial charge in [-0.15, -0.1) is 0 Å². The van der Waals surface area contributed by atoms with Crippen molar-refractivity contribution < 1.29 is 9.47 Å². The largest absolute Gasteiger partial charge is 0.493 e. The van der Waals surface area contributed by atoms with Gasteiger partial charge in [0.05, 0.1) is 13.3 Å². The fraction of sp³-hybridized carbons (Fsp3) is 0.250. The number of H-pyrrole nitrogens is 1. The van der Waals surface area contributed by atoms with Crippen molar-refractivity contribution in [1.82, 2.24) is 14.9 Å². The van der Waals surface area contributed by atoms with E-state index >= 15 is 0 Å². The number of aromatic nitrogens is 3. The predicted octanol–water partition coefficient (Wildman–Crippen LogP) is 4.28. The molecule has 3 aromatic rings. The van der Waals surface area contributed by atoms with Gasteiger partial charge >= 0.3 is 0 Å². The molecule has 1 heterocycles. The number of methoxy groups -OCH3 is 1. The Hall–Kier alpha value is -2.93. The van der Waals surface area contributed by atoms with Gasteiger partial charge < -0.3 is 9.47 Å². The van der Waals surface area contributed by atoms with Crippen molar-refractivity contribution in [2.24, 2.45) is 5.10 Å². The summed E-state index contributed by atoms with van der Waals surface area (Å²) in [6.45, 7) is 4.56. The first kappa shape index (κ1) is 18.8. The Balaban J connectivity index is 1.78. The molecule has 0 saturated carbocycles. The average Bonchev–Trinajstić information content (AvgIpc) is 3.05. The highest BCUT2D eigenvalue weighted by atomic mass is 32.1. The summed E-state index contributed by atoms with van der Waals surface area (Å²) in [4.78, 5) is 0. The molecule has 7 heteroatoms. The van der Waals surface area contributed by atoms with Crippen molar-refractivity contribution in [3.8, 4) is 11.5 Å². The summed E-state index contributed by atoms with van der Waals surface area (Å²) in [5.41, 5.74) is 3.22. The monoisotopic (exact) mass is 382 g/mol. The zero-order valence-electron chi connectivity index (χ0n) is 15.6. The van der Waals surface area contributed by atoms with E-state index < -0.39 is 0 Å². The minimum Gasteiger partial charge on any atom is -0.493 e. The number of hydrogen-bond acceptors (Lipinski definition) is 5. The quantitative estimate of drug-likeness (QED) is 0.489. The number of aromatic amines is 1. The third-order valence-corrected chi connectivity index (χ3v) is 4.45. The van der Waals surface area contributed by atoms with E-state index in [4.69, 9.17) is 21.7 Å². The minimum absolute atomic E-state index is 0.466. The molecular formula is C20H22N4O2S. The second kappa shape index (κ2) is 8.64. The molecule has 0 radical (unpaired) electrons. The van der Waals surface area contributed by atoms with Crippen LogP contribution in [0, 0.1) is 11.7 Å². The SMILES string of the molecule is CCc1n[nH]c(=S)n1/N=C/c1ccc(OCc2ccccc2C)c(OC)c1. The Morgan fingerprint density at radius 3 is 2.78 bits per heavy atom. The highest BCUT2D eigenvalue weighted by molar-refractivity contribution is 7.71. The summed E-state index contributed by atoms with van der Waals surface area (Å²) in [6.07, 6.45) is 2.46. The molecule has 6 nitrogen and oxygen atoms in total. The molecule has 0 saturated heterocycles. The number of nitrogens with zero attached hydrogens (tertiary/aromatic N) is 3. The lowest BCUT2D eigenvalue weighted by atomic mass is 10.1. The highest BCUT2D eigenvalue weighted by Gasteiger charge is 2.07. The second-order valence-corrected chi connectivity index (χ2v) is 6.37. The van der Waals surface area contributed by atoms with Crippen molar-refractivity contribution in [3.05, 3.63) is 69.8 Å². The van der Waals surface area contributed by atoms with Gasteiger partial charge in [-0.2, -0.15) is 14.9 Å². The lowest BCUT2D eigenvalue weighted by Gasteiger charge is -2.12. The van der Waals surface area contributed by atoms with Crippen LogP contribution in [0.2, 0.25) is 0 Å². The Bertz CT molecular complexity index is 1010. The molecular weight excluding hydrogens is 360 g/mol. The highest BCUT2D eigenvalue weighted by Crippen LogP contribution is 2.28. The Morgan fingerprint density at radius 1 is 1.22 bits per heavy atom. The molecule has 27 heavy (non-hydrogen) atoms. The van der Waals surface area contributed by atoms with E-state index in [2.05, 4.69) is 34.4 Å². The maximum atomic E-state index is 5.95. The fourth-order valence-corrected chi connectivity index (χ4v) is 2.81. The Labute approximate surface area is 163 Å². The number of nitrogens with one attached hydrogen (secondary N) is 1. The first-order chi connectivity index (χ1) is 13.1. The first-order valence-electron chi connectivity index (χ1n) is 8.68. The standard InChI is InChI=1S/C20H22N4O2S/c1-4-19-22-23-20(27)24(19)21-12-15-9-10-17(18(11-15)25-3)26-13-16-8-6-5-7-14(16)2/h5-12H,4,13H2,1-3H3,(H,23,27)/b21-12+. The van der Waals surface area contributed by atoms with Crippen molar-refractivity contribution in [2.75, 3.05) is 7.11 Å². The summed E-state index contributed by atoms with van der Waals surface area (Å²) < 4.78 is 13.5. The molecule has 1 N–H and O–H groups in total.